The molecule has 0 unspecified atom stereocenters. The molecule has 0 bridgehead atoms. The lowest BCUT2D eigenvalue weighted by atomic mass is 10.2. The van der Waals surface area contributed by atoms with Gasteiger partial charge in [0.15, 0.2) is 0 Å². The normalized spacial score (nSPS) is 10.5. The molecule has 0 amide bonds. The molecule has 1 aromatic heterocycles. The van der Waals surface area contributed by atoms with Crippen LogP contribution in [0.5, 0.6) is 0 Å². The van der Waals surface area contributed by atoms with E-state index >= 15 is 0 Å². The first-order chi connectivity index (χ1) is 7.09. The van der Waals surface area contributed by atoms with Crippen molar-refractivity contribution in [3.05, 3.63) is 46.1 Å². The van der Waals surface area contributed by atoms with E-state index in [0.29, 0.717) is 5.58 Å². The lowest BCUT2D eigenvalue weighted by Crippen LogP contribution is -2.10. The van der Waals surface area contributed by atoms with Crippen molar-refractivity contribution in [2.45, 2.75) is 0 Å². The zero-order valence-electron chi connectivity index (χ0n) is 7.29. The first kappa shape index (κ1) is 10.3. The average Bonchev–Trinajstić information content (AvgIpc) is 2.19. The SMILES string of the molecule is O=c1c(C(=S)Cl)coc2ccc(F)cc12. The maximum Gasteiger partial charge on any atom is 0.202 e. The largest absolute Gasteiger partial charge is 0.463 e. The van der Waals surface area contributed by atoms with Gasteiger partial charge < -0.3 is 4.42 Å². The molecular weight excluding hydrogens is 239 g/mol. The standard InChI is InChI=1S/C10H4ClFO2S/c11-10(15)7-4-14-8-2-1-5(12)3-6(8)9(7)13/h1-4H. The molecular formula is C10H4ClFO2S. The highest BCUT2D eigenvalue weighted by Crippen LogP contribution is 2.13. The van der Waals surface area contributed by atoms with Crippen LogP contribution in [0.1, 0.15) is 5.56 Å². The molecule has 0 N–H and O–H groups in total. The summed E-state index contributed by atoms with van der Waals surface area (Å²) >= 11 is 10.2. The van der Waals surface area contributed by atoms with Crippen LogP contribution >= 0.6 is 23.8 Å². The molecule has 2 aromatic rings. The van der Waals surface area contributed by atoms with Gasteiger partial charge >= 0.3 is 0 Å². The molecule has 0 aliphatic rings. The summed E-state index contributed by atoms with van der Waals surface area (Å²) in [7, 11) is 0. The summed E-state index contributed by atoms with van der Waals surface area (Å²) in [5, 5.41) is 0.135. The van der Waals surface area contributed by atoms with E-state index in [1.165, 1.54) is 18.4 Å². The van der Waals surface area contributed by atoms with Crippen LogP contribution in [0.25, 0.3) is 11.0 Å². The van der Waals surface area contributed by atoms with Gasteiger partial charge in [0.25, 0.3) is 0 Å². The van der Waals surface area contributed by atoms with Crippen molar-refractivity contribution in [2.75, 3.05) is 0 Å². The minimum absolute atomic E-state index is 0.0739. The van der Waals surface area contributed by atoms with E-state index in [1.54, 1.807) is 0 Å². The molecule has 0 atom stereocenters. The van der Waals surface area contributed by atoms with Crippen LogP contribution in [-0.2, 0) is 0 Å². The maximum atomic E-state index is 12.9. The fraction of sp³-hybridized carbons (Fsp3) is 0. The van der Waals surface area contributed by atoms with E-state index in [-0.39, 0.29) is 15.3 Å². The quantitative estimate of drug-likeness (QED) is 0.569. The van der Waals surface area contributed by atoms with E-state index in [4.69, 9.17) is 16.0 Å². The smallest absolute Gasteiger partial charge is 0.202 e. The minimum Gasteiger partial charge on any atom is -0.463 e. The molecule has 1 aromatic carbocycles. The minimum atomic E-state index is -0.507. The van der Waals surface area contributed by atoms with Crippen LogP contribution in [0.15, 0.2) is 33.7 Å². The third-order valence-corrected chi connectivity index (χ3v) is 2.37. The number of thiocarbonyl (C=S) groups is 1. The van der Waals surface area contributed by atoms with Crippen molar-refractivity contribution >= 4 is 39.1 Å². The summed E-state index contributed by atoms with van der Waals surface area (Å²) in [5.41, 5.74) is -0.0430. The summed E-state index contributed by atoms with van der Waals surface area (Å²) < 4.78 is 17.9. The average molecular weight is 243 g/mol. The van der Waals surface area contributed by atoms with Crippen molar-refractivity contribution in [2.24, 2.45) is 0 Å². The molecule has 0 fully saturated rings. The van der Waals surface area contributed by atoms with Gasteiger partial charge in [-0.25, -0.2) is 4.39 Å². The van der Waals surface area contributed by atoms with Crippen LogP contribution in [0, 0.1) is 5.82 Å². The number of hydrogen-bond acceptors (Lipinski definition) is 3. The van der Waals surface area contributed by atoms with Gasteiger partial charge in [0, 0.05) is 0 Å². The van der Waals surface area contributed by atoms with Gasteiger partial charge in [-0.2, -0.15) is 0 Å². The van der Waals surface area contributed by atoms with Crippen molar-refractivity contribution in [1.82, 2.24) is 0 Å². The summed E-state index contributed by atoms with van der Waals surface area (Å²) in [6.07, 6.45) is 1.18. The Balaban J connectivity index is 2.89. The Morgan fingerprint density at radius 2 is 2.20 bits per heavy atom. The Morgan fingerprint density at radius 3 is 2.87 bits per heavy atom. The molecule has 1 heterocycles. The van der Waals surface area contributed by atoms with Crippen LogP contribution in [-0.4, -0.2) is 4.32 Å². The van der Waals surface area contributed by atoms with Gasteiger partial charge in [0.2, 0.25) is 5.43 Å². The van der Waals surface area contributed by atoms with E-state index in [2.05, 4.69) is 12.2 Å². The van der Waals surface area contributed by atoms with E-state index < -0.39 is 11.2 Å². The summed E-state index contributed by atoms with van der Waals surface area (Å²) in [5.74, 6) is -0.507. The molecule has 0 radical (unpaired) electrons. The first-order valence-electron chi connectivity index (χ1n) is 4.00. The second-order valence-corrected chi connectivity index (χ2v) is 3.90. The number of fused-ring (bicyclic) bond motifs is 1. The van der Waals surface area contributed by atoms with Crippen molar-refractivity contribution < 1.29 is 8.81 Å². The number of rotatable bonds is 1. The van der Waals surface area contributed by atoms with Gasteiger partial charge in [-0.15, -0.1) is 0 Å². The Hall–Kier alpha value is -1.26. The molecule has 2 rings (SSSR count). The third kappa shape index (κ3) is 1.78. The highest BCUT2D eigenvalue weighted by Gasteiger charge is 2.09. The second-order valence-electron chi connectivity index (χ2n) is 2.89. The summed E-state index contributed by atoms with van der Waals surface area (Å²) in [6.45, 7) is 0. The molecule has 15 heavy (non-hydrogen) atoms. The van der Waals surface area contributed by atoms with Crippen LogP contribution in [0.4, 0.5) is 4.39 Å². The number of benzene rings is 1. The van der Waals surface area contributed by atoms with E-state index in [1.807, 2.05) is 0 Å². The summed E-state index contributed by atoms with van der Waals surface area (Å²) in [4.78, 5) is 11.7. The number of halogens is 2. The molecule has 0 saturated heterocycles. The van der Waals surface area contributed by atoms with E-state index in [9.17, 15) is 9.18 Å². The van der Waals surface area contributed by atoms with Gasteiger partial charge in [-0.05, 0) is 18.2 Å². The fourth-order valence-corrected chi connectivity index (χ4v) is 1.51. The molecule has 0 aliphatic carbocycles. The predicted octanol–water partition coefficient (Wildman–Crippen LogP) is 2.85. The molecule has 0 saturated carbocycles. The Morgan fingerprint density at radius 1 is 1.47 bits per heavy atom. The van der Waals surface area contributed by atoms with Gasteiger partial charge in [0.05, 0.1) is 10.9 Å². The van der Waals surface area contributed by atoms with Crippen molar-refractivity contribution in [3.8, 4) is 0 Å². The van der Waals surface area contributed by atoms with Crippen LogP contribution in [0.3, 0.4) is 0 Å². The Kier molecular flexibility index (Phi) is 2.54. The zero-order valence-corrected chi connectivity index (χ0v) is 8.86. The molecule has 0 spiro atoms. The third-order valence-electron chi connectivity index (χ3n) is 1.95. The zero-order chi connectivity index (χ0) is 11.0. The van der Waals surface area contributed by atoms with Gasteiger partial charge in [0.1, 0.15) is 22.0 Å². The Labute approximate surface area is 94.3 Å². The van der Waals surface area contributed by atoms with Crippen LogP contribution < -0.4 is 5.43 Å². The molecule has 2 nitrogen and oxygen atoms in total. The van der Waals surface area contributed by atoms with Crippen molar-refractivity contribution in [3.63, 3.8) is 0 Å². The van der Waals surface area contributed by atoms with Gasteiger partial charge in [-0.1, -0.05) is 23.8 Å². The lowest BCUT2D eigenvalue weighted by Gasteiger charge is -1.99. The molecule has 0 aliphatic heterocycles. The Bertz CT molecular complexity index is 606. The van der Waals surface area contributed by atoms with E-state index in [0.717, 1.165) is 6.07 Å². The second kappa shape index (κ2) is 3.72. The molecule has 5 heteroatoms. The summed E-state index contributed by atoms with van der Waals surface area (Å²) in [6, 6.07) is 3.69. The van der Waals surface area contributed by atoms with Gasteiger partial charge in [-0.3, -0.25) is 4.79 Å². The van der Waals surface area contributed by atoms with Crippen LogP contribution in [0.2, 0.25) is 0 Å². The lowest BCUT2D eigenvalue weighted by molar-refractivity contribution is 0.595. The first-order valence-corrected chi connectivity index (χ1v) is 4.79. The molecule has 76 valence electrons. The number of hydrogen-bond donors (Lipinski definition) is 0. The maximum absolute atomic E-state index is 12.9. The predicted molar refractivity (Wildman–Crippen MR) is 60.0 cm³/mol. The fourth-order valence-electron chi connectivity index (χ4n) is 1.24. The van der Waals surface area contributed by atoms with Crippen molar-refractivity contribution in [1.29, 1.82) is 0 Å². The monoisotopic (exact) mass is 242 g/mol. The topological polar surface area (TPSA) is 30.2 Å². The highest BCUT2D eigenvalue weighted by molar-refractivity contribution is 7.83. The highest BCUT2D eigenvalue weighted by atomic mass is 35.5.